The Balaban J connectivity index is 1.40. The second-order valence-corrected chi connectivity index (χ2v) is 6.20. The molecule has 1 N–H and O–H groups in total. The summed E-state index contributed by atoms with van der Waals surface area (Å²) in [6.07, 6.45) is 1.75. The molecule has 3 nitrogen and oxygen atoms in total. The Morgan fingerprint density at radius 3 is 2.22 bits per heavy atom. The zero-order chi connectivity index (χ0) is 15.9. The average molecular weight is 311 g/mol. The SMILES string of the molecule is OC(c1ccccc1)C1CCN(CCOc2ccccc2)CC1. The molecule has 3 heteroatoms. The van der Waals surface area contributed by atoms with E-state index in [0.29, 0.717) is 5.92 Å². The lowest BCUT2D eigenvalue weighted by atomic mass is 9.87. The van der Waals surface area contributed by atoms with E-state index in [-0.39, 0.29) is 6.10 Å². The number of ether oxygens (including phenoxy) is 1. The van der Waals surface area contributed by atoms with Crippen molar-refractivity contribution >= 4 is 0 Å². The standard InChI is InChI=1S/C20H25NO2/c22-20(17-7-3-1-4-8-17)18-11-13-21(14-12-18)15-16-23-19-9-5-2-6-10-19/h1-10,18,20,22H,11-16H2. The van der Waals surface area contributed by atoms with Crippen LogP contribution in [0.1, 0.15) is 24.5 Å². The van der Waals surface area contributed by atoms with Crippen molar-refractivity contribution in [1.29, 1.82) is 0 Å². The Labute approximate surface area is 138 Å². The van der Waals surface area contributed by atoms with Crippen molar-refractivity contribution in [3.05, 3.63) is 66.2 Å². The molecule has 0 amide bonds. The van der Waals surface area contributed by atoms with Crippen LogP contribution in [0.3, 0.4) is 0 Å². The van der Waals surface area contributed by atoms with Crippen LogP contribution < -0.4 is 4.74 Å². The number of likely N-dealkylation sites (tertiary alicyclic amines) is 1. The second kappa shape index (κ2) is 8.14. The monoisotopic (exact) mass is 311 g/mol. The van der Waals surface area contributed by atoms with Gasteiger partial charge in [0.1, 0.15) is 12.4 Å². The molecule has 0 radical (unpaired) electrons. The molecule has 0 aromatic heterocycles. The van der Waals surface area contributed by atoms with Crippen LogP contribution in [0, 0.1) is 5.92 Å². The Morgan fingerprint density at radius 2 is 1.57 bits per heavy atom. The van der Waals surface area contributed by atoms with Gasteiger partial charge in [0.2, 0.25) is 0 Å². The summed E-state index contributed by atoms with van der Waals surface area (Å²) in [4.78, 5) is 2.43. The summed E-state index contributed by atoms with van der Waals surface area (Å²) in [5, 5.41) is 10.5. The van der Waals surface area contributed by atoms with Gasteiger partial charge in [-0.2, -0.15) is 0 Å². The maximum atomic E-state index is 10.5. The third-order valence-corrected chi connectivity index (χ3v) is 4.64. The first-order valence-electron chi connectivity index (χ1n) is 8.46. The van der Waals surface area contributed by atoms with Crippen molar-refractivity contribution in [2.45, 2.75) is 18.9 Å². The van der Waals surface area contributed by atoms with Gasteiger partial charge in [0.05, 0.1) is 6.10 Å². The fraction of sp³-hybridized carbons (Fsp3) is 0.400. The number of aliphatic hydroxyl groups is 1. The molecule has 2 aromatic carbocycles. The number of nitrogens with zero attached hydrogens (tertiary/aromatic N) is 1. The van der Waals surface area contributed by atoms with Gasteiger partial charge in [-0.1, -0.05) is 48.5 Å². The number of hydrogen-bond acceptors (Lipinski definition) is 3. The number of rotatable bonds is 6. The van der Waals surface area contributed by atoms with E-state index in [4.69, 9.17) is 4.74 Å². The molecular weight excluding hydrogens is 286 g/mol. The van der Waals surface area contributed by atoms with Gasteiger partial charge in [0.15, 0.2) is 0 Å². The number of hydrogen-bond donors (Lipinski definition) is 1. The van der Waals surface area contributed by atoms with Crippen molar-refractivity contribution in [2.24, 2.45) is 5.92 Å². The summed E-state index contributed by atoms with van der Waals surface area (Å²) < 4.78 is 5.76. The Hall–Kier alpha value is -1.84. The summed E-state index contributed by atoms with van der Waals surface area (Å²) in [6.45, 7) is 3.73. The van der Waals surface area contributed by atoms with Crippen molar-refractivity contribution < 1.29 is 9.84 Å². The van der Waals surface area contributed by atoms with Crippen LogP contribution in [0.5, 0.6) is 5.75 Å². The van der Waals surface area contributed by atoms with Gasteiger partial charge in [-0.15, -0.1) is 0 Å². The fourth-order valence-electron chi connectivity index (χ4n) is 3.22. The largest absolute Gasteiger partial charge is 0.492 e. The number of para-hydroxylation sites is 1. The topological polar surface area (TPSA) is 32.7 Å². The minimum absolute atomic E-state index is 0.334. The number of aliphatic hydroxyl groups excluding tert-OH is 1. The van der Waals surface area contributed by atoms with E-state index in [2.05, 4.69) is 4.90 Å². The highest BCUT2D eigenvalue weighted by Gasteiger charge is 2.25. The predicted octanol–water partition coefficient (Wildman–Crippen LogP) is 3.51. The van der Waals surface area contributed by atoms with Gasteiger partial charge < -0.3 is 9.84 Å². The van der Waals surface area contributed by atoms with Gasteiger partial charge in [-0.05, 0) is 49.5 Å². The zero-order valence-corrected chi connectivity index (χ0v) is 13.5. The molecule has 3 rings (SSSR count). The Bertz CT molecular complexity index is 565. The fourth-order valence-corrected chi connectivity index (χ4v) is 3.22. The summed E-state index contributed by atoms with van der Waals surface area (Å²) in [6, 6.07) is 20.0. The minimum atomic E-state index is -0.334. The van der Waals surface area contributed by atoms with E-state index in [1.165, 1.54) is 0 Å². The molecule has 0 aliphatic carbocycles. The zero-order valence-electron chi connectivity index (χ0n) is 13.5. The maximum Gasteiger partial charge on any atom is 0.119 e. The molecule has 1 fully saturated rings. The number of piperidine rings is 1. The summed E-state index contributed by atoms with van der Waals surface area (Å²) >= 11 is 0. The van der Waals surface area contributed by atoms with Gasteiger partial charge in [-0.25, -0.2) is 0 Å². The van der Waals surface area contributed by atoms with E-state index >= 15 is 0 Å². The smallest absolute Gasteiger partial charge is 0.119 e. The van der Waals surface area contributed by atoms with Gasteiger partial charge >= 0.3 is 0 Å². The van der Waals surface area contributed by atoms with E-state index in [9.17, 15) is 5.11 Å². The molecule has 0 spiro atoms. The number of benzene rings is 2. The van der Waals surface area contributed by atoms with Gasteiger partial charge in [0, 0.05) is 6.54 Å². The average Bonchev–Trinajstić information content (AvgIpc) is 2.63. The third kappa shape index (κ3) is 4.57. The molecule has 0 saturated carbocycles. The highest BCUT2D eigenvalue weighted by Crippen LogP contribution is 2.30. The molecule has 1 unspecified atom stereocenters. The molecule has 1 aliphatic heterocycles. The molecule has 23 heavy (non-hydrogen) atoms. The predicted molar refractivity (Wildman–Crippen MR) is 92.5 cm³/mol. The van der Waals surface area contributed by atoms with E-state index < -0.39 is 0 Å². The van der Waals surface area contributed by atoms with Gasteiger partial charge in [0.25, 0.3) is 0 Å². The summed E-state index contributed by atoms with van der Waals surface area (Å²) in [5.41, 5.74) is 1.04. The lowest BCUT2D eigenvalue weighted by Crippen LogP contribution is -2.38. The van der Waals surface area contributed by atoms with Crippen LogP contribution >= 0.6 is 0 Å². The third-order valence-electron chi connectivity index (χ3n) is 4.64. The van der Waals surface area contributed by atoms with Crippen LogP contribution in [0.4, 0.5) is 0 Å². The van der Waals surface area contributed by atoms with Crippen molar-refractivity contribution in [3.63, 3.8) is 0 Å². The minimum Gasteiger partial charge on any atom is -0.492 e. The first-order chi connectivity index (χ1) is 11.3. The second-order valence-electron chi connectivity index (χ2n) is 6.20. The van der Waals surface area contributed by atoms with Crippen LogP contribution in [-0.4, -0.2) is 36.2 Å². The summed E-state index contributed by atoms with van der Waals surface area (Å²) in [5.74, 6) is 1.30. The lowest BCUT2D eigenvalue weighted by Gasteiger charge is -2.34. The highest BCUT2D eigenvalue weighted by molar-refractivity contribution is 5.21. The maximum absolute atomic E-state index is 10.5. The molecule has 1 atom stereocenters. The molecule has 0 bridgehead atoms. The Morgan fingerprint density at radius 1 is 0.957 bits per heavy atom. The molecule has 2 aromatic rings. The molecular formula is C20H25NO2. The van der Waals surface area contributed by atoms with Gasteiger partial charge in [-0.3, -0.25) is 4.90 Å². The van der Waals surface area contributed by atoms with Crippen molar-refractivity contribution in [3.8, 4) is 5.75 Å². The van der Waals surface area contributed by atoms with E-state index in [0.717, 1.165) is 50.4 Å². The quantitative estimate of drug-likeness (QED) is 0.886. The van der Waals surface area contributed by atoms with E-state index in [1.807, 2.05) is 60.7 Å². The molecule has 1 heterocycles. The molecule has 1 aliphatic rings. The molecule has 122 valence electrons. The molecule has 1 saturated heterocycles. The van der Waals surface area contributed by atoms with Crippen LogP contribution in [-0.2, 0) is 0 Å². The lowest BCUT2D eigenvalue weighted by molar-refractivity contribution is 0.0550. The van der Waals surface area contributed by atoms with Crippen LogP contribution in [0.25, 0.3) is 0 Å². The Kier molecular flexibility index (Phi) is 5.67. The first kappa shape index (κ1) is 16.0. The van der Waals surface area contributed by atoms with Crippen LogP contribution in [0.2, 0.25) is 0 Å². The first-order valence-corrected chi connectivity index (χ1v) is 8.46. The van der Waals surface area contributed by atoms with Crippen LogP contribution in [0.15, 0.2) is 60.7 Å². The van der Waals surface area contributed by atoms with Crippen molar-refractivity contribution in [2.75, 3.05) is 26.2 Å². The van der Waals surface area contributed by atoms with E-state index in [1.54, 1.807) is 0 Å². The van der Waals surface area contributed by atoms with Crippen molar-refractivity contribution in [1.82, 2.24) is 4.90 Å². The highest BCUT2D eigenvalue weighted by atomic mass is 16.5. The summed E-state index contributed by atoms with van der Waals surface area (Å²) in [7, 11) is 0. The normalized spacial score (nSPS) is 17.8.